The molecule has 196 valence electrons. The van der Waals surface area contributed by atoms with E-state index in [9.17, 15) is 29.3 Å². The number of amides is 2. The molecule has 1 unspecified atom stereocenters. The van der Waals surface area contributed by atoms with Crippen LogP contribution >= 0.6 is 23.4 Å². The Labute approximate surface area is 221 Å². The van der Waals surface area contributed by atoms with Gasteiger partial charge in [-0.05, 0) is 29.7 Å². The van der Waals surface area contributed by atoms with Crippen LogP contribution < -0.4 is 5.32 Å². The molecule has 0 aromatic heterocycles. The van der Waals surface area contributed by atoms with Gasteiger partial charge in [0.2, 0.25) is 11.4 Å². The second kappa shape index (κ2) is 13.6. The standard InChI is InChI=1S/C24H24ClN3O8S/c25-22(23(31)35-14-17-8-10-18(11-9-17)28(33)34)27-19(29)13-20(27)37-21(30)7-4-12-26-24(32)36-15-16-5-2-1-3-6-16/h1-3,5-6,8-11,20,22H,4,7,12-15H2,(H,26,32)/t20-,22?/m0/s1. The van der Waals surface area contributed by atoms with E-state index in [4.69, 9.17) is 21.1 Å². The summed E-state index contributed by atoms with van der Waals surface area (Å²) in [5.74, 6) is -1.26. The number of likely N-dealkylation sites (tertiary alicyclic amines) is 1. The van der Waals surface area contributed by atoms with Gasteiger partial charge in [-0.2, -0.15) is 0 Å². The number of nitro benzene ring substituents is 1. The Hall–Kier alpha value is -3.64. The van der Waals surface area contributed by atoms with Gasteiger partial charge in [0.15, 0.2) is 5.12 Å². The number of hydrogen-bond acceptors (Lipinski definition) is 9. The zero-order valence-electron chi connectivity index (χ0n) is 19.5. The molecule has 2 aromatic rings. The number of alkyl halides is 1. The fraction of sp³-hybridized carbons (Fsp3) is 0.333. The maximum Gasteiger partial charge on any atom is 0.407 e. The van der Waals surface area contributed by atoms with Crippen LogP contribution in [0.2, 0.25) is 0 Å². The number of benzene rings is 2. The minimum absolute atomic E-state index is 0.0549. The van der Waals surface area contributed by atoms with Gasteiger partial charge in [-0.25, -0.2) is 9.59 Å². The minimum atomic E-state index is -1.41. The van der Waals surface area contributed by atoms with Crippen LogP contribution in [0.5, 0.6) is 0 Å². The number of nitrogens with zero attached hydrogens (tertiary/aromatic N) is 2. The average molecular weight is 550 g/mol. The predicted molar refractivity (Wildman–Crippen MR) is 134 cm³/mol. The third-order valence-electron chi connectivity index (χ3n) is 5.22. The number of carbonyl (C=O) groups is 4. The van der Waals surface area contributed by atoms with Crippen LogP contribution in [0.25, 0.3) is 0 Å². The summed E-state index contributed by atoms with van der Waals surface area (Å²) in [4.78, 5) is 59.6. The predicted octanol–water partition coefficient (Wildman–Crippen LogP) is 3.73. The van der Waals surface area contributed by atoms with Crippen LogP contribution in [0, 0.1) is 10.1 Å². The summed E-state index contributed by atoms with van der Waals surface area (Å²) in [5.41, 5.74) is -0.140. The van der Waals surface area contributed by atoms with Crippen molar-refractivity contribution in [1.82, 2.24) is 10.2 Å². The molecular weight excluding hydrogens is 526 g/mol. The van der Waals surface area contributed by atoms with Crippen LogP contribution in [0.4, 0.5) is 10.5 Å². The van der Waals surface area contributed by atoms with Crippen LogP contribution in [0.1, 0.15) is 30.4 Å². The van der Waals surface area contributed by atoms with Crippen LogP contribution in [0.3, 0.4) is 0 Å². The lowest BCUT2D eigenvalue weighted by Crippen LogP contribution is -2.57. The molecule has 1 saturated heterocycles. The number of carbonyl (C=O) groups excluding carboxylic acids is 4. The highest BCUT2D eigenvalue weighted by atomic mass is 35.5. The monoisotopic (exact) mass is 549 g/mol. The molecular formula is C24H24ClN3O8S. The van der Waals surface area contributed by atoms with E-state index in [2.05, 4.69) is 5.32 Å². The molecule has 0 bridgehead atoms. The number of nitro groups is 1. The number of nitrogens with one attached hydrogen (secondary N) is 1. The number of halogens is 1. The summed E-state index contributed by atoms with van der Waals surface area (Å²) in [7, 11) is 0. The number of thioether (sulfide) groups is 1. The van der Waals surface area contributed by atoms with Crippen molar-refractivity contribution in [3.8, 4) is 0 Å². The SMILES string of the molecule is O=C(NCCCC(=O)S[C@H]1CC(=O)N1C(Cl)C(=O)OCc1ccc([N+](=O)[O-])cc1)OCc1ccccc1. The van der Waals surface area contributed by atoms with Gasteiger partial charge in [0.1, 0.15) is 13.2 Å². The summed E-state index contributed by atoms with van der Waals surface area (Å²) < 4.78 is 10.2. The van der Waals surface area contributed by atoms with Crippen molar-refractivity contribution in [2.45, 2.75) is 43.4 Å². The van der Waals surface area contributed by atoms with Crippen molar-refractivity contribution in [3.05, 3.63) is 75.8 Å². The van der Waals surface area contributed by atoms with Crippen LogP contribution in [0.15, 0.2) is 54.6 Å². The van der Waals surface area contributed by atoms with Crippen molar-refractivity contribution >= 4 is 52.1 Å². The number of rotatable bonds is 12. The summed E-state index contributed by atoms with van der Waals surface area (Å²) in [5, 5.41) is 12.5. The number of β-lactam (4-membered cyclic amide) rings is 1. The first-order chi connectivity index (χ1) is 17.7. The molecule has 13 heteroatoms. The van der Waals surface area contributed by atoms with E-state index < -0.39 is 27.9 Å². The van der Waals surface area contributed by atoms with Gasteiger partial charge < -0.3 is 19.7 Å². The zero-order valence-corrected chi connectivity index (χ0v) is 21.1. The molecule has 0 aliphatic carbocycles. The number of alkyl carbamates (subject to hydrolysis) is 1. The van der Waals surface area contributed by atoms with E-state index in [0.717, 1.165) is 22.2 Å². The topological polar surface area (TPSA) is 145 Å². The molecule has 1 fully saturated rings. The highest BCUT2D eigenvalue weighted by molar-refractivity contribution is 8.14. The third kappa shape index (κ3) is 8.46. The summed E-state index contributed by atoms with van der Waals surface area (Å²) in [6, 6.07) is 14.7. The lowest BCUT2D eigenvalue weighted by atomic mass is 10.2. The highest BCUT2D eigenvalue weighted by Crippen LogP contribution is 2.34. The quantitative estimate of drug-likeness (QED) is 0.0795. The first-order valence-corrected chi connectivity index (χ1v) is 12.6. The fourth-order valence-corrected chi connectivity index (χ4v) is 4.75. The molecule has 2 amide bonds. The number of hydrogen-bond donors (Lipinski definition) is 1. The van der Waals surface area contributed by atoms with Crippen molar-refractivity contribution in [1.29, 1.82) is 0 Å². The fourth-order valence-electron chi connectivity index (χ4n) is 3.23. The second-order valence-corrected chi connectivity index (χ2v) is 9.56. The number of ether oxygens (including phenoxy) is 2. The molecule has 2 atom stereocenters. The normalized spacial score (nSPS) is 15.3. The first kappa shape index (κ1) is 27.9. The molecule has 0 radical (unpaired) electrons. The molecule has 1 aliphatic heterocycles. The largest absolute Gasteiger partial charge is 0.458 e. The van der Waals surface area contributed by atoms with E-state index in [1.165, 1.54) is 24.3 Å². The molecule has 37 heavy (non-hydrogen) atoms. The van der Waals surface area contributed by atoms with Crippen molar-refractivity contribution in [3.63, 3.8) is 0 Å². The summed E-state index contributed by atoms with van der Waals surface area (Å²) >= 11 is 7.03. The molecule has 0 saturated carbocycles. The molecule has 2 aromatic carbocycles. The van der Waals surface area contributed by atoms with E-state index in [1.807, 2.05) is 30.3 Å². The molecule has 1 heterocycles. The Kier molecular flexibility index (Phi) is 10.3. The summed E-state index contributed by atoms with van der Waals surface area (Å²) in [6.07, 6.45) is -0.0231. The van der Waals surface area contributed by atoms with Crippen molar-refractivity contribution in [2.24, 2.45) is 0 Å². The molecule has 1 aliphatic rings. The Morgan fingerprint density at radius 2 is 1.73 bits per heavy atom. The molecule has 11 nitrogen and oxygen atoms in total. The Morgan fingerprint density at radius 3 is 2.38 bits per heavy atom. The maximum absolute atomic E-state index is 12.3. The molecule has 1 N–H and O–H groups in total. The van der Waals surface area contributed by atoms with Gasteiger partial charge in [0, 0.05) is 25.1 Å². The zero-order chi connectivity index (χ0) is 26.8. The maximum atomic E-state index is 12.3. The Bertz CT molecular complexity index is 1130. The highest BCUT2D eigenvalue weighted by Gasteiger charge is 2.45. The average Bonchev–Trinajstić information content (AvgIpc) is 2.88. The van der Waals surface area contributed by atoms with Gasteiger partial charge >= 0.3 is 12.1 Å². The van der Waals surface area contributed by atoms with E-state index in [1.54, 1.807) is 0 Å². The first-order valence-electron chi connectivity index (χ1n) is 11.2. The van der Waals surface area contributed by atoms with Crippen LogP contribution in [-0.2, 0) is 37.1 Å². The van der Waals surface area contributed by atoms with E-state index >= 15 is 0 Å². The Balaban J connectivity index is 1.34. The minimum Gasteiger partial charge on any atom is -0.458 e. The van der Waals surface area contributed by atoms with Gasteiger partial charge in [0.25, 0.3) is 5.69 Å². The van der Waals surface area contributed by atoms with Crippen molar-refractivity contribution < 1.29 is 33.6 Å². The smallest absolute Gasteiger partial charge is 0.407 e. The van der Waals surface area contributed by atoms with Gasteiger partial charge in [-0.1, -0.05) is 53.7 Å². The van der Waals surface area contributed by atoms with Crippen molar-refractivity contribution in [2.75, 3.05) is 6.54 Å². The van der Waals surface area contributed by atoms with E-state index in [-0.39, 0.29) is 49.3 Å². The lowest BCUT2D eigenvalue weighted by molar-refractivity contribution is -0.384. The van der Waals surface area contributed by atoms with Gasteiger partial charge in [-0.15, -0.1) is 0 Å². The van der Waals surface area contributed by atoms with Crippen LogP contribution in [-0.4, -0.2) is 50.3 Å². The van der Waals surface area contributed by atoms with Gasteiger partial charge in [-0.3, -0.25) is 19.7 Å². The summed E-state index contributed by atoms with van der Waals surface area (Å²) in [6.45, 7) is 0.197. The third-order valence-corrected chi connectivity index (χ3v) is 6.74. The van der Waals surface area contributed by atoms with E-state index in [0.29, 0.717) is 12.0 Å². The second-order valence-electron chi connectivity index (χ2n) is 7.91. The number of non-ortho nitro benzene ring substituents is 1. The van der Waals surface area contributed by atoms with Gasteiger partial charge in [0.05, 0.1) is 16.7 Å². The molecule has 3 rings (SSSR count). The molecule has 0 spiro atoms. The lowest BCUT2D eigenvalue weighted by Gasteiger charge is -2.41. The Morgan fingerprint density at radius 1 is 1.08 bits per heavy atom. The number of esters is 1.